The van der Waals surface area contributed by atoms with Crippen molar-refractivity contribution in [3.8, 4) is 5.75 Å². The lowest BCUT2D eigenvalue weighted by Gasteiger charge is -2.24. The van der Waals surface area contributed by atoms with E-state index in [2.05, 4.69) is 52.1 Å². The molecule has 0 saturated heterocycles. The molecule has 20 heavy (non-hydrogen) atoms. The van der Waals surface area contributed by atoms with E-state index in [0.717, 1.165) is 24.3 Å². The molecule has 0 unspecified atom stereocenters. The van der Waals surface area contributed by atoms with Gasteiger partial charge in [-0.3, -0.25) is 0 Å². The number of hydrogen-bond donors (Lipinski definition) is 1. The van der Waals surface area contributed by atoms with Crippen molar-refractivity contribution in [2.45, 2.75) is 65.8 Å². The van der Waals surface area contributed by atoms with Crippen molar-refractivity contribution in [2.75, 3.05) is 7.11 Å². The topological polar surface area (TPSA) is 30.5 Å². The van der Waals surface area contributed by atoms with Gasteiger partial charge >= 0.3 is 0 Å². The molecule has 114 valence electrons. The van der Waals surface area contributed by atoms with E-state index in [1.54, 1.807) is 7.11 Å². The Morgan fingerprint density at radius 1 is 1.25 bits per heavy atom. The second kappa shape index (κ2) is 7.65. The van der Waals surface area contributed by atoms with E-state index in [1.807, 2.05) is 6.07 Å². The van der Waals surface area contributed by atoms with Gasteiger partial charge in [0.1, 0.15) is 5.75 Å². The van der Waals surface area contributed by atoms with Gasteiger partial charge in [0, 0.05) is 18.2 Å². The molecule has 0 radical (unpaired) electrons. The first-order valence-electron chi connectivity index (χ1n) is 7.41. The molecule has 0 aromatic heterocycles. The van der Waals surface area contributed by atoms with Gasteiger partial charge in [0.05, 0.1) is 19.3 Å². The molecule has 0 aliphatic carbocycles. The lowest BCUT2D eigenvalue weighted by Crippen LogP contribution is -2.23. The monoisotopic (exact) mass is 279 g/mol. The maximum Gasteiger partial charge on any atom is 0.124 e. The zero-order valence-electron chi connectivity index (χ0n) is 13.7. The van der Waals surface area contributed by atoms with Crippen LogP contribution in [0.2, 0.25) is 0 Å². The molecule has 0 spiro atoms. The van der Waals surface area contributed by atoms with Crippen molar-refractivity contribution < 1.29 is 9.47 Å². The first-order valence-corrected chi connectivity index (χ1v) is 7.41. The predicted molar refractivity (Wildman–Crippen MR) is 84.1 cm³/mol. The number of methoxy groups -OCH3 is 1. The fourth-order valence-corrected chi connectivity index (χ4v) is 1.75. The fraction of sp³-hybridized carbons (Fsp3) is 0.647. The molecule has 0 atom stereocenters. The van der Waals surface area contributed by atoms with Crippen LogP contribution in [0, 0.1) is 0 Å². The Morgan fingerprint density at radius 3 is 2.50 bits per heavy atom. The number of benzene rings is 1. The van der Waals surface area contributed by atoms with Crippen LogP contribution in [0.3, 0.4) is 0 Å². The molecule has 3 heteroatoms. The van der Waals surface area contributed by atoms with Gasteiger partial charge in [-0.1, -0.05) is 26.8 Å². The molecule has 1 aromatic rings. The highest BCUT2D eigenvalue weighted by atomic mass is 16.5. The molecule has 0 bridgehead atoms. The molecular formula is C17H29NO2. The van der Waals surface area contributed by atoms with Crippen LogP contribution in [0.4, 0.5) is 0 Å². The molecule has 0 saturated carbocycles. The Balaban J connectivity index is 2.78. The summed E-state index contributed by atoms with van der Waals surface area (Å²) in [6.45, 7) is 12.1. The van der Waals surface area contributed by atoms with Crippen LogP contribution in [-0.4, -0.2) is 18.8 Å². The number of rotatable bonds is 8. The summed E-state index contributed by atoms with van der Waals surface area (Å²) in [5, 5.41) is 3.43. The average Bonchev–Trinajstić information content (AvgIpc) is 2.43. The third-order valence-corrected chi connectivity index (χ3v) is 3.53. The highest BCUT2D eigenvalue weighted by Crippen LogP contribution is 2.24. The normalized spacial score (nSPS) is 11.9. The van der Waals surface area contributed by atoms with Crippen LogP contribution >= 0.6 is 0 Å². The minimum Gasteiger partial charge on any atom is -0.496 e. The molecule has 0 fully saturated rings. The molecule has 1 aromatic carbocycles. The van der Waals surface area contributed by atoms with Crippen molar-refractivity contribution in [3.63, 3.8) is 0 Å². The molecule has 0 heterocycles. The summed E-state index contributed by atoms with van der Waals surface area (Å²) in [6.07, 6.45) is 0.990. The van der Waals surface area contributed by atoms with E-state index in [0.29, 0.717) is 12.6 Å². The Morgan fingerprint density at radius 2 is 1.95 bits per heavy atom. The molecule has 3 nitrogen and oxygen atoms in total. The van der Waals surface area contributed by atoms with Gasteiger partial charge in [0.15, 0.2) is 0 Å². The Labute approximate surface area is 123 Å². The Hall–Kier alpha value is -1.06. The van der Waals surface area contributed by atoms with Crippen LogP contribution in [0.1, 0.15) is 52.2 Å². The standard InChI is InChI=1S/C17H29NO2/c1-7-17(4,5)20-12-15-10-14(11-18-13(2)3)8-9-16(15)19-6/h8-10,13,18H,7,11-12H2,1-6H3. The molecule has 1 rings (SSSR count). The molecule has 0 aliphatic rings. The fourth-order valence-electron chi connectivity index (χ4n) is 1.75. The van der Waals surface area contributed by atoms with Gasteiger partial charge in [0.2, 0.25) is 0 Å². The summed E-state index contributed by atoms with van der Waals surface area (Å²) in [4.78, 5) is 0. The van der Waals surface area contributed by atoms with E-state index in [-0.39, 0.29) is 5.60 Å². The van der Waals surface area contributed by atoms with Gasteiger partial charge in [-0.05, 0) is 38.0 Å². The molecule has 1 N–H and O–H groups in total. The Kier molecular flexibility index (Phi) is 6.50. The number of hydrogen-bond acceptors (Lipinski definition) is 3. The summed E-state index contributed by atoms with van der Waals surface area (Å²) >= 11 is 0. The van der Waals surface area contributed by atoms with E-state index in [4.69, 9.17) is 9.47 Å². The van der Waals surface area contributed by atoms with Crippen LogP contribution < -0.4 is 10.1 Å². The zero-order chi connectivity index (χ0) is 15.2. The van der Waals surface area contributed by atoms with Gasteiger partial charge in [-0.2, -0.15) is 0 Å². The van der Waals surface area contributed by atoms with E-state index in [1.165, 1.54) is 5.56 Å². The van der Waals surface area contributed by atoms with E-state index < -0.39 is 0 Å². The molecular weight excluding hydrogens is 250 g/mol. The van der Waals surface area contributed by atoms with Crippen LogP contribution in [0.5, 0.6) is 5.75 Å². The number of nitrogens with one attached hydrogen (secondary N) is 1. The summed E-state index contributed by atoms with van der Waals surface area (Å²) in [7, 11) is 1.70. The first-order chi connectivity index (χ1) is 9.38. The lowest BCUT2D eigenvalue weighted by atomic mass is 10.1. The SMILES string of the molecule is CCC(C)(C)OCc1cc(CNC(C)C)ccc1OC. The summed E-state index contributed by atoms with van der Waals surface area (Å²) in [5.41, 5.74) is 2.27. The highest BCUT2D eigenvalue weighted by Gasteiger charge is 2.16. The van der Waals surface area contributed by atoms with Crippen LogP contribution in [-0.2, 0) is 17.9 Å². The van der Waals surface area contributed by atoms with Gasteiger partial charge in [0.25, 0.3) is 0 Å². The maximum absolute atomic E-state index is 5.99. The summed E-state index contributed by atoms with van der Waals surface area (Å²) in [6, 6.07) is 6.77. The smallest absolute Gasteiger partial charge is 0.124 e. The van der Waals surface area contributed by atoms with E-state index >= 15 is 0 Å². The Bertz CT molecular complexity index is 413. The first kappa shape index (κ1) is 17.0. The van der Waals surface area contributed by atoms with Crippen molar-refractivity contribution in [3.05, 3.63) is 29.3 Å². The minimum absolute atomic E-state index is 0.100. The summed E-state index contributed by atoms with van der Waals surface area (Å²) < 4.78 is 11.4. The minimum atomic E-state index is -0.100. The lowest BCUT2D eigenvalue weighted by molar-refractivity contribution is -0.0322. The number of ether oxygens (including phenoxy) is 2. The van der Waals surface area contributed by atoms with Crippen molar-refractivity contribution in [1.82, 2.24) is 5.32 Å². The third-order valence-electron chi connectivity index (χ3n) is 3.53. The average molecular weight is 279 g/mol. The van der Waals surface area contributed by atoms with Crippen molar-refractivity contribution >= 4 is 0 Å². The largest absolute Gasteiger partial charge is 0.496 e. The second-order valence-electron chi connectivity index (χ2n) is 6.08. The third kappa shape index (κ3) is 5.51. The van der Waals surface area contributed by atoms with Crippen molar-refractivity contribution in [1.29, 1.82) is 0 Å². The predicted octanol–water partition coefficient (Wildman–Crippen LogP) is 3.90. The molecule has 0 amide bonds. The van der Waals surface area contributed by atoms with Crippen LogP contribution in [0.15, 0.2) is 18.2 Å². The maximum atomic E-state index is 5.99. The molecule has 0 aliphatic heterocycles. The quantitative estimate of drug-likeness (QED) is 0.783. The van der Waals surface area contributed by atoms with Crippen LogP contribution in [0.25, 0.3) is 0 Å². The second-order valence-corrected chi connectivity index (χ2v) is 6.08. The van der Waals surface area contributed by atoms with Gasteiger partial charge in [-0.15, -0.1) is 0 Å². The summed E-state index contributed by atoms with van der Waals surface area (Å²) in [5.74, 6) is 0.894. The van der Waals surface area contributed by atoms with Gasteiger partial charge < -0.3 is 14.8 Å². The zero-order valence-corrected chi connectivity index (χ0v) is 13.7. The van der Waals surface area contributed by atoms with Crippen molar-refractivity contribution in [2.24, 2.45) is 0 Å². The van der Waals surface area contributed by atoms with E-state index in [9.17, 15) is 0 Å². The highest BCUT2D eigenvalue weighted by molar-refractivity contribution is 5.37. The van der Waals surface area contributed by atoms with Gasteiger partial charge in [-0.25, -0.2) is 0 Å².